The lowest BCUT2D eigenvalue weighted by Gasteiger charge is -2.15. The Kier molecular flexibility index (Phi) is 8.84. The third kappa shape index (κ3) is 5.59. The van der Waals surface area contributed by atoms with Crippen LogP contribution in [-0.4, -0.2) is 45.4 Å². The third-order valence-electron chi connectivity index (χ3n) is 3.74. The van der Waals surface area contributed by atoms with Gasteiger partial charge in [-0.3, -0.25) is 4.79 Å². The Balaban J connectivity index is 0.00000338. The van der Waals surface area contributed by atoms with Crippen molar-refractivity contribution in [2.45, 2.75) is 12.5 Å². The first-order valence-electron chi connectivity index (χ1n) is 7.83. The highest BCUT2D eigenvalue weighted by atomic mass is 35.5. The molecule has 8 heteroatoms. The molecule has 0 aromatic heterocycles. The van der Waals surface area contributed by atoms with Crippen molar-refractivity contribution < 1.29 is 23.8 Å². The maximum Gasteiger partial charge on any atom is 0.343 e. The topological polar surface area (TPSA) is 99.9 Å². The zero-order valence-electron chi connectivity index (χ0n) is 14.7. The molecular weight excluding hydrogens is 360 g/mol. The molecule has 0 heterocycles. The van der Waals surface area contributed by atoms with Crippen molar-refractivity contribution in [3.63, 3.8) is 0 Å². The van der Waals surface area contributed by atoms with Crippen LogP contribution in [0.1, 0.15) is 6.42 Å². The van der Waals surface area contributed by atoms with Gasteiger partial charge in [-0.1, -0.05) is 24.3 Å². The molecule has 2 rings (SSSR count). The van der Waals surface area contributed by atoms with E-state index in [-0.39, 0.29) is 44.0 Å². The minimum Gasteiger partial charge on any atom is -0.481 e. The van der Waals surface area contributed by atoms with Crippen LogP contribution in [0.3, 0.4) is 0 Å². The van der Waals surface area contributed by atoms with Crippen LogP contribution in [0.15, 0.2) is 36.4 Å². The number of ether oxygens (including phenoxy) is 3. The normalized spacial score (nSPS) is 11.3. The number of carbonyl (C=O) groups is 2. The van der Waals surface area contributed by atoms with Gasteiger partial charge < -0.3 is 25.3 Å². The monoisotopic (exact) mass is 382 g/mol. The number of anilines is 1. The summed E-state index contributed by atoms with van der Waals surface area (Å²) in [5, 5.41) is 4.45. The van der Waals surface area contributed by atoms with E-state index in [1.54, 1.807) is 12.1 Å². The van der Waals surface area contributed by atoms with Gasteiger partial charge in [0.15, 0.2) is 6.61 Å². The Labute approximate surface area is 158 Å². The van der Waals surface area contributed by atoms with Crippen molar-refractivity contribution in [1.29, 1.82) is 0 Å². The van der Waals surface area contributed by atoms with Gasteiger partial charge >= 0.3 is 5.97 Å². The second-order valence-electron chi connectivity index (χ2n) is 5.37. The van der Waals surface area contributed by atoms with Crippen molar-refractivity contribution in [1.82, 2.24) is 0 Å². The molecule has 0 bridgehead atoms. The molecule has 0 aliphatic rings. The number of nitrogens with two attached hydrogens (primary N) is 1. The molecule has 0 spiro atoms. The fraction of sp³-hybridized carbons (Fsp3) is 0.333. The van der Waals surface area contributed by atoms with Crippen LogP contribution in [0.5, 0.6) is 5.75 Å². The number of hydrogen-bond acceptors (Lipinski definition) is 6. The molecule has 3 N–H and O–H groups in total. The van der Waals surface area contributed by atoms with Gasteiger partial charge in [0, 0.05) is 30.1 Å². The number of amides is 1. The summed E-state index contributed by atoms with van der Waals surface area (Å²) in [7, 11) is 2.82. The zero-order chi connectivity index (χ0) is 18.2. The fourth-order valence-electron chi connectivity index (χ4n) is 2.37. The summed E-state index contributed by atoms with van der Waals surface area (Å²) in [6, 6.07) is 10.9. The Morgan fingerprint density at radius 1 is 1.12 bits per heavy atom. The Morgan fingerprint density at radius 3 is 2.42 bits per heavy atom. The lowest BCUT2D eigenvalue weighted by atomic mass is 10.1. The summed E-state index contributed by atoms with van der Waals surface area (Å²) >= 11 is 0. The molecule has 26 heavy (non-hydrogen) atoms. The number of fused-ring (bicyclic) bond motifs is 1. The Bertz CT molecular complexity index is 749. The molecule has 7 nitrogen and oxygen atoms in total. The van der Waals surface area contributed by atoms with Gasteiger partial charge in [0.2, 0.25) is 5.91 Å². The molecule has 1 atom stereocenters. The summed E-state index contributed by atoms with van der Waals surface area (Å²) in [6.07, 6.45) is -0.156. The lowest BCUT2D eigenvalue weighted by Crippen LogP contribution is -2.28. The average molecular weight is 383 g/mol. The molecule has 0 aliphatic heterocycles. The van der Waals surface area contributed by atoms with Gasteiger partial charge in [-0.15, -0.1) is 12.4 Å². The quantitative estimate of drug-likeness (QED) is 0.678. The molecule has 0 radical (unpaired) electrons. The van der Waals surface area contributed by atoms with Crippen LogP contribution in [0.2, 0.25) is 0 Å². The number of benzene rings is 2. The van der Waals surface area contributed by atoms with Crippen molar-refractivity contribution in [2.24, 2.45) is 5.73 Å². The van der Waals surface area contributed by atoms with Gasteiger partial charge in [0.25, 0.3) is 0 Å². The van der Waals surface area contributed by atoms with Crippen LogP contribution in [-0.2, 0) is 19.1 Å². The Hall–Kier alpha value is -2.35. The molecule has 2 aromatic carbocycles. The highest BCUT2D eigenvalue weighted by Gasteiger charge is 2.14. The summed E-state index contributed by atoms with van der Waals surface area (Å²) in [5.74, 6) is -0.116. The summed E-state index contributed by atoms with van der Waals surface area (Å²) in [6.45, 7) is 0.0865. The largest absolute Gasteiger partial charge is 0.481 e. The first-order chi connectivity index (χ1) is 12.1. The van der Waals surface area contributed by atoms with Gasteiger partial charge in [-0.05, 0) is 12.1 Å². The zero-order valence-corrected chi connectivity index (χ0v) is 15.5. The molecule has 1 unspecified atom stereocenters. The predicted molar refractivity (Wildman–Crippen MR) is 102 cm³/mol. The van der Waals surface area contributed by atoms with Crippen molar-refractivity contribution >= 4 is 40.7 Å². The van der Waals surface area contributed by atoms with E-state index >= 15 is 0 Å². The molecule has 0 fully saturated rings. The second kappa shape index (κ2) is 10.6. The standard InChI is InChI=1S/C18H22N2O5.ClH/c1-23-12(10-19)9-17(21)20-15-7-8-16(25-11-18(22)24-2)14-6-4-3-5-13(14)15;/h3-8,12H,9-11,19H2,1-2H3,(H,20,21);1H. The van der Waals surface area contributed by atoms with Crippen molar-refractivity contribution in [3.8, 4) is 5.75 Å². The molecule has 1 amide bonds. The molecule has 0 aliphatic carbocycles. The maximum absolute atomic E-state index is 12.2. The molecule has 0 saturated carbocycles. The number of halogens is 1. The number of nitrogens with one attached hydrogen (secondary N) is 1. The van der Waals surface area contributed by atoms with E-state index in [0.29, 0.717) is 11.4 Å². The first kappa shape index (κ1) is 21.7. The predicted octanol–water partition coefficient (Wildman–Crippen LogP) is 2.12. The number of methoxy groups -OCH3 is 2. The van der Waals surface area contributed by atoms with E-state index in [2.05, 4.69) is 10.1 Å². The maximum atomic E-state index is 12.2. The molecule has 142 valence electrons. The summed E-state index contributed by atoms with van der Waals surface area (Å²) in [5.41, 5.74) is 6.20. The van der Waals surface area contributed by atoms with E-state index in [9.17, 15) is 9.59 Å². The highest BCUT2D eigenvalue weighted by molar-refractivity contribution is 6.04. The van der Waals surface area contributed by atoms with Gasteiger partial charge in [-0.25, -0.2) is 4.79 Å². The number of rotatable bonds is 8. The second-order valence-corrected chi connectivity index (χ2v) is 5.37. The van der Waals surface area contributed by atoms with Crippen LogP contribution >= 0.6 is 12.4 Å². The van der Waals surface area contributed by atoms with E-state index in [1.165, 1.54) is 14.2 Å². The minimum atomic E-state index is -0.464. The van der Waals surface area contributed by atoms with E-state index in [0.717, 1.165) is 10.8 Å². The third-order valence-corrected chi connectivity index (χ3v) is 3.74. The van der Waals surface area contributed by atoms with E-state index in [4.69, 9.17) is 15.2 Å². The molecular formula is C18H23ClN2O5. The smallest absolute Gasteiger partial charge is 0.343 e. The van der Waals surface area contributed by atoms with Crippen molar-refractivity contribution in [3.05, 3.63) is 36.4 Å². The van der Waals surface area contributed by atoms with E-state index in [1.807, 2.05) is 24.3 Å². The van der Waals surface area contributed by atoms with Crippen molar-refractivity contribution in [2.75, 3.05) is 32.7 Å². The van der Waals surface area contributed by atoms with Gasteiger partial charge in [-0.2, -0.15) is 0 Å². The SMILES string of the molecule is COC(=O)COc1ccc(NC(=O)CC(CN)OC)c2ccccc12.Cl. The number of hydrogen-bond donors (Lipinski definition) is 2. The van der Waals surface area contributed by atoms with Crippen LogP contribution in [0.4, 0.5) is 5.69 Å². The first-order valence-corrected chi connectivity index (χ1v) is 7.83. The average Bonchev–Trinajstić information content (AvgIpc) is 2.65. The molecule has 2 aromatic rings. The minimum absolute atomic E-state index is 0. The van der Waals surface area contributed by atoms with Gasteiger partial charge in [0.1, 0.15) is 5.75 Å². The van der Waals surface area contributed by atoms with E-state index < -0.39 is 5.97 Å². The summed E-state index contributed by atoms with van der Waals surface area (Å²) in [4.78, 5) is 23.5. The fourth-order valence-corrected chi connectivity index (χ4v) is 2.37. The lowest BCUT2D eigenvalue weighted by molar-refractivity contribution is -0.142. The highest BCUT2D eigenvalue weighted by Crippen LogP contribution is 2.31. The number of esters is 1. The number of carbonyl (C=O) groups excluding carboxylic acids is 2. The molecule has 0 saturated heterocycles. The Morgan fingerprint density at radius 2 is 1.81 bits per heavy atom. The van der Waals surface area contributed by atoms with Crippen LogP contribution in [0.25, 0.3) is 10.8 Å². The van der Waals surface area contributed by atoms with Gasteiger partial charge in [0.05, 0.1) is 19.6 Å². The van der Waals surface area contributed by atoms with Crippen LogP contribution in [0, 0.1) is 0 Å². The van der Waals surface area contributed by atoms with Crippen LogP contribution < -0.4 is 15.8 Å². The summed E-state index contributed by atoms with van der Waals surface area (Å²) < 4.78 is 15.2.